The largest absolute Gasteiger partial charge is 0.455 e. The summed E-state index contributed by atoms with van der Waals surface area (Å²) in [6, 6.07) is 3.95. The van der Waals surface area contributed by atoms with Crippen LogP contribution in [0.25, 0.3) is 0 Å². The van der Waals surface area contributed by atoms with Gasteiger partial charge >= 0.3 is 0 Å². The van der Waals surface area contributed by atoms with Gasteiger partial charge in [0.1, 0.15) is 0 Å². The van der Waals surface area contributed by atoms with E-state index in [1.54, 1.807) is 11.3 Å². The Hall–Kier alpha value is -0.900. The maximum atomic E-state index is 6.01. The van der Waals surface area contributed by atoms with Gasteiger partial charge in [-0.1, -0.05) is 13.8 Å². The van der Waals surface area contributed by atoms with Crippen molar-refractivity contribution in [2.24, 2.45) is 16.1 Å². The molecular formula is C14H24N2OS. The molecule has 0 bridgehead atoms. The lowest BCUT2D eigenvalue weighted by Gasteiger charge is -2.27. The number of azo groups is 1. The van der Waals surface area contributed by atoms with Crippen molar-refractivity contribution in [3.8, 4) is 5.06 Å². The van der Waals surface area contributed by atoms with Gasteiger partial charge in [-0.05, 0) is 51.1 Å². The molecule has 18 heavy (non-hydrogen) atoms. The van der Waals surface area contributed by atoms with E-state index in [2.05, 4.69) is 24.1 Å². The molecule has 0 radical (unpaired) electrons. The van der Waals surface area contributed by atoms with Crippen molar-refractivity contribution < 1.29 is 4.74 Å². The molecule has 0 aliphatic carbocycles. The summed E-state index contributed by atoms with van der Waals surface area (Å²) in [6.45, 7) is 12.5. The van der Waals surface area contributed by atoms with Crippen LogP contribution in [-0.4, -0.2) is 11.3 Å². The van der Waals surface area contributed by atoms with Gasteiger partial charge in [0.2, 0.25) is 5.72 Å². The molecular weight excluding hydrogens is 244 g/mol. The summed E-state index contributed by atoms with van der Waals surface area (Å²) in [7, 11) is 0. The minimum atomic E-state index is -0.577. The first-order chi connectivity index (χ1) is 8.20. The molecule has 0 saturated carbocycles. The fraction of sp³-hybridized carbons (Fsp3) is 0.714. The summed E-state index contributed by atoms with van der Waals surface area (Å²) in [5.41, 5.74) is -0.747. The Kier molecular flexibility index (Phi) is 4.91. The van der Waals surface area contributed by atoms with E-state index >= 15 is 0 Å². The zero-order valence-electron chi connectivity index (χ0n) is 12.2. The van der Waals surface area contributed by atoms with E-state index < -0.39 is 5.72 Å². The van der Waals surface area contributed by atoms with E-state index in [1.807, 2.05) is 45.2 Å². The van der Waals surface area contributed by atoms with Gasteiger partial charge < -0.3 is 4.74 Å². The fourth-order valence-corrected chi connectivity index (χ4v) is 2.33. The van der Waals surface area contributed by atoms with Crippen LogP contribution in [0.15, 0.2) is 27.7 Å². The molecule has 0 aromatic carbocycles. The molecule has 0 fully saturated rings. The Bertz CT molecular complexity index is 379. The summed E-state index contributed by atoms with van der Waals surface area (Å²) >= 11 is 1.59. The van der Waals surface area contributed by atoms with Crippen LogP contribution in [0.3, 0.4) is 0 Å². The Morgan fingerprint density at radius 2 is 1.89 bits per heavy atom. The van der Waals surface area contributed by atoms with Crippen LogP contribution in [0.1, 0.15) is 48.0 Å². The molecule has 102 valence electrons. The first-order valence-corrected chi connectivity index (χ1v) is 7.25. The minimum Gasteiger partial charge on any atom is -0.455 e. The highest BCUT2D eigenvalue weighted by Crippen LogP contribution is 2.30. The van der Waals surface area contributed by atoms with Crippen molar-refractivity contribution in [3.05, 3.63) is 17.5 Å². The quantitative estimate of drug-likeness (QED) is 0.681. The SMILES string of the molecule is CC(C)CC(C)(N=NC(C)(C)C)Oc1cccs1. The molecule has 0 aliphatic heterocycles. The highest BCUT2D eigenvalue weighted by atomic mass is 32.1. The number of hydrogen-bond acceptors (Lipinski definition) is 4. The Morgan fingerprint density at radius 1 is 1.22 bits per heavy atom. The third kappa shape index (κ3) is 5.63. The number of nitrogens with zero attached hydrogens (tertiary/aromatic N) is 2. The maximum Gasteiger partial charge on any atom is 0.217 e. The maximum absolute atomic E-state index is 6.01. The number of rotatable bonds is 5. The fourth-order valence-electron chi connectivity index (χ4n) is 1.65. The third-order valence-corrected chi connectivity index (χ3v) is 2.91. The van der Waals surface area contributed by atoms with Crippen molar-refractivity contribution in [2.75, 3.05) is 0 Å². The first-order valence-electron chi connectivity index (χ1n) is 6.37. The lowest BCUT2D eigenvalue weighted by molar-refractivity contribution is 0.0682. The van der Waals surface area contributed by atoms with Gasteiger partial charge in [-0.3, -0.25) is 0 Å². The highest BCUT2D eigenvalue weighted by Gasteiger charge is 2.28. The molecule has 1 heterocycles. The molecule has 0 saturated heterocycles. The molecule has 1 aromatic heterocycles. The van der Waals surface area contributed by atoms with Gasteiger partial charge in [0.15, 0.2) is 5.06 Å². The Balaban J connectivity index is 2.84. The van der Waals surface area contributed by atoms with E-state index in [9.17, 15) is 0 Å². The molecule has 0 aliphatic rings. The monoisotopic (exact) mass is 268 g/mol. The van der Waals surface area contributed by atoms with E-state index in [-0.39, 0.29) is 5.54 Å². The van der Waals surface area contributed by atoms with Crippen LogP contribution in [0.5, 0.6) is 5.06 Å². The molecule has 1 rings (SSSR count). The van der Waals surface area contributed by atoms with Crippen LogP contribution >= 0.6 is 11.3 Å². The lowest BCUT2D eigenvalue weighted by Crippen LogP contribution is -2.32. The van der Waals surface area contributed by atoms with Crippen LogP contribution in [0.2, 0.25) is 0 Å². The molecule has 1 aromatic rings. The number of ether oxygens (including phenoxy) is 1. The van der Waals surface area contributed by atoms with Gasteiger partial charge in [0, 0.05) is 6.42 Å². The summed E-state index contributed by atoms with van der Waals surface area (Å²) in [6.07, 6.45) is 0.852. The van der Waals surface area contributed by atoms with Crippen molar-refractivity contribution in [2.45, 2.75) is 59.2 Å². The second-order valence-electron chi connectivity index (χ2n) is 6.18. The molecule has 4 heteroatoms. The number of hydrogen-bond donors (Lipinski definition) is 0. The van der Waals surface area contributed by atoms with E-state index in [4.69, 9.17) is 4.74 Å². The lowest BCUT2D eigenvalue weighted by atomic mass is 10.0. The molecule has 3 nitrogen and oxygen atoms in total. The third-order valence-electron chi connectivity index (χ3n) is 2.16. The second-order valence-corrected chi connectivity index (χ2v) is 7.09. The second kappa shape index (κ2) is 5.83. The van der Waals surface area contributed by atoms with Crippen LogP contribution in [-0.2, 0) is 0 Å². The zero-order valence-corrected chi connectivity index (χ0v) is 13.0. The Labute approximate surface area is 114 Å². The van der Waals surface area contributed by atoms with Crippen LogP contribution in [0.4, 0.5) is 0 Å². The van der Waals surface area contributed by atoms with Gasteiger partial charge in [-0.15, -0.1) is 16.5 Å². The van der Waals surface area contributed by atoms with Crippen molar-refractivity contribution in [1.82, 2.24) is 0 Å². The first kappa shape index (κ1) is 15.2. The smallest absolute Gasteiger partial charge is 0.217 e. The molecule has 0 N–H and O–H groups in total. The topological polar surface area (TPSA) is 34.0 Å². The van der Waals surface area contributed by atoms with Gasteiger partial charge in [0.05, 0.1) is 5.54 Å². The Morgan fingerprint density at radius 3 is 2.33 bits per heavy atom. The number of thiophene rings is 1. The van der Waals surface area contributed by atoms with E-state index in [0.29, 0.717) is 5.92 Å². The van der Waals surface area contributed by atoms with Crippen LogP contribution < -0.4 is 4.74 Å². The molecule has 0 spiro atoms. The van der Waals surface area contributed by atoms with E-state index in [1.165, 1.54) is 0 Å². The van der Waals surface area contributed by atoms with Gasteiger partial charge in [-0.2, -0.15) is 5.11 Å². The molecule has 0 amide bonds. The summed E-state index contributed by atoms with van der Waals surface area (Å²) in [5, 5.41) is 11.7. The summed E-state index contributed by atoms with van der Waals surface area (Å²) < 4.78 is 6.01. The average Bonchev–Trinajstić information content (AvgIpc) is 2.65. The summed E-state index contributed by atoms with van der Waals surface area (Å²) in [4.78, 5) is 0. The van der Waals surface area contributed by atoms with Crippen molar-refractivity contribution in [1.29, 1.82) is 0 Å². The van der Waals surface area contributed by atoms with Gasteiger partial charge in [0.25, 0.3) is 0 Å². The minimum absolute atomic E-state index is 0.170. The average molecular weight is 268 g/mol. The normalized spacial score (nSPS) is 16.2. The molecule has 1 atom stereocenters. The molecule has 1 unspecified atom stereocenters. The standard InChI is InChI=1S/C14H24N2OS/c1-11(2)10-14(6,16-15-13(3,4)5)17-12-8-7-9-18-12/h7-9,11H,10H2,1-6H3. The van der Waals surface area contributed by atoms with Crippen molar-refractivity contribution in [3.63, 3.8) is 0 Å². The highest BCUT2D eigenvalue weighted by molar-refractivity contribution is 7.11. The summed E-state index contributed by atoms with van der Waals surface area (Å²) in [5.74, 6) is 0.508. The predicted molar refractivity (Wildman–Crippen MR) is 77.4 cm³/mol. The van der Waals surface area contributed by atoms with Crippen LogP contribution in [0, 0.1) is 5.92 Å². The van der Waals surface area contributed by atoms with E-state index in [0.717, 1.165) is 11.5 Å². The zero-order chi connectivity index (χ0) is 13.8. The van der Waals surface area contributed by atoms with Gasteiger partial charge in [-0.25, -0.2) is 0 Å². The van der Waals surface area contributed by atoms with Crippen molar-refractivity contribution >= 4 is 11.3 Å². The predicted octanol–water partition coefficient (Wildman–Crippen LogP) is 5.14.